The van der Waals surface area contributed by atoms with Gasteiger partial charge in [0.1, 0.15) is 11.9 Å². The molecule has 3 rings (SSSR count). The number of hydrogen-bond acceptors (Lipinski definition) is 4. The molecule has 1 saturated heterocycles. The molecule has 0 radical (unpaired) electrons. The van der Waals surface area contributed by atoms with E-state index in [1.54, 1.807) is 42.5 Å². The van der Waals surface area contributed by atoms with E-state index >= 15 is 0 Å². The Bertz CT molecular complexity index is 802. The smallest absolute Gasteiger partial charge is 0.255 e. The molecule has 1 aliphatic rings. The molecule has 0 unspecified atom stereocenters. The van der Waals surface area contributed by atoms with Crippen molar-refractivity contribution in [1.82, 2.24) is 0 Å². The molecule has 0 saturated carbocycles. The molecule has 1 aliphatic heterocycles. The number of benzene rings is 2. The average Bonchev–Trinajstić information content (AvgIpc) is 3.17. The first kappa shape index (κ1) is 18.2. The quantitative estimate of drug-likeness (QED) is 0.836. The summed E-state index contributed by atoms with van der Waals surface area (Å²) in [5.74, 6) is 0.104. The van der Waals surface area contributed by atoms with Crippen LogP contribution in [0.5, 0.6) is 5.75 Å². The minimum absolute atomic E-state index is 0.160. The molecule has 26 heavy (non-hydrogen) atoms. The van der Waals surface area contributed by atoms with Crippen LogP contribution in [0.25, 0.3) is 0 Å². The van der Waals surface area contributed by atoms with E-state index in [0.717, 1.165) is 12.8 Å². The van der Waals surface area contributed by atoms with Crippen molar-refractivity contribution >= 4 is 34.8 Å². The molecule has 0 aliphatic carbocycles. The van der Waals surface area contributed by atoms with Crippen molar-refractivity contribution < 1.29 is 19.1 Å². The molecule has 7 heteroatoms. The van der Waals surface area contributed by atoms with Crippen molar-refractivity contribution in [3.63, 3.8) is 0 Å². The fourth-order valence-electron chi connectivity index (χ4n) is 2.66. The summed E-state index contributed by atoms with van der Waals surface area (Å²) in [5, 5.41) is 5.98. The summed E-state index contributed by atoms with van der Waals surface area (Å²) in [6, 6.07) is 11.7. The summed E-state index contributed by atoms with van der Waals surface area (Å²) in [6.45, 7) is 0.618. The molecule has 0 aromatic heterocycles. The number of anilines is 2. The van der Waals surface area contributed by atoms with Gasteiger partial charge in [0.25, 0.3) is 11.8 Å². The van der Waals surface area contributed by atoms with E-state index in [0.29, 0.717) is 34.3 Å². The maximum absolute atomic E-state index is 12.3. The number of nitrogens with one attached hydrogen (secondary N) is 2. The lowest BCUT2D eigenvalue weighted by Gasteiger charge is -2.11. The van der Waals surface area contributed by atoms with Crippen LogP contribution in [-0.2, 0) is 9.53 Å². The van der Waals surface area contributed by atoms with Crippen LogP contribution in [-0.4, -0.2) is 31.6 Å². The lowest BCUT2D eigenvalue weighted by molar-refractivity contribution is -0.124. The van der Waals surface area contributed by atoms with Crippen molar-refractivity contribution in [2.24, 2.45) is 0 Å². The van der Waals surface area contributed by atoms with Gasteiger partial charge in [0, 0.05) is 23.5 Å². The molecule has 6 nitrogen and oxygen atoms in total. The Morgan fingerprint density at radius 2 is 1.85 bits per heavy atom. The maximum atomic E-state index is 12.3. The van der Waals surface area contributed by atoms with Crippen LogP contribution in [0.15, 0.2) is 42.5 Å². The van der Waals surface area contributed by atoms with Crippen LogP contribution in [0, 0.1) is 0 Å². The van der Waals surface area contributed by atoms with Crippen molar-refractivity contribution in [1.29, 1.82) is 0 Å². The molecule has 0 spiro atoms. The average molecular weight is 375 g/mol. The number of hydrogen-bond donors (Lipinski definition) is 2. The van der Waals surface area contributed by atoms with Crippen LogP contribution in [0.3, 0.4) is 0 Å². The van der Waals surface area contributed by atoms with Gasteiger partial charge in [-0.05, 0) is 55.3 Å². The van der Waals surface area contributed by atoms with Crippen LogP contribution in [0.1, 0.15) is 23.2 Å². The van der Waals surface area contributed by atoms with Gasteiger partial charge >= 0.3 is 0 Å². The van der Waals surface area contributed by atoms with Crippen molar-refractivity contribution in [3.8, 4) is 5.75 Å². The third-order valence-electron chi connectivity index (χ3n) is 4.05. The number of carbonyl (C=O) groups is 2. The van der Waals surface area contributed by atoms with Gasteiger partial charge in [-0.1, -0.05) is 11.6 Å². The highest BCUT2D eigenvalue weighted by Gasteiger charge is 2.23. The molecular formula is C19H19ClN2O4. The van der Waals surface area contributed by atoms with E-state index in [9.17, 15) is 9.59 Å². The molecule has 0 bridgehead atoms. The summed E-state index contributed by atoms with van der Waals surface area (Å²) in [7, 11) is 1.53. The number of halogens is 1. The Labute approximate surface area is 156 Å². The zero-order valence-electron chi connectivity index (χ0n) is 14.3. The molecule has 2 aromatic rings. The fraction of sp³-hybridized carbons (Fsp3) is 0.263. The molecule has 1 heterocycles. The highest BCUT2D eigenvalue weighted by Crippen LogP contribution is 2.27. The largest absolute Gasteiger partial charge is 0.495 e. The molecular weight excluding hydrogens is 356 g/mol. The van der Waals surface area contributed by atoms with E-state index in [-0.39, 0.29) is 11.8 Å². The molecule has 2 aromatic carbocycles. The van der Waals surface area contributed by atoms with Crippen LogP contribution in [0.2, 0.25) is 5.02 Å². The summed E-state index contributed by atoms with van der Waals surface area (Å²) in [5.41, 5.74) is 1.65. The van der Waals surface area contributed by atoms with Gasteiger partial charge < -0.3 is 20.1 Å². The van der Waals surface area contributed by atoms with Crippen molar-refractivity contribution in [2.75, 3.05) is 24.4 Å². The third kappa shape index (κ3) is 4.33. The Hall–Kier alpha value is -2.57. The van der Waals surface area contributed by atoms with E-state index < -0.39 is 6.10 Å². The van der Waals surface area contributed by atoms with E-state index in [1.807, 2.05) is 0 Å². The monoisotopic (exact) mass is 374 g/mol. The van der Waals surface area contributed by atoms with E-state index in [2.05, 4.69) is 10.6 Å². The topological polar surface area (TPSA) is 76.7 Å². The molecule has 1 atom stereocenters. The summed E-state index contributed by atoms with van der Waals surface area (Å²) < 4.78 is 10.4. The Morgan fingerprint density at radius 3 is 2.46 bits per heavy atom. The second-order valence-electron chi connectivity index (χ2n) is 5.87. The lowest BCUT2D eigenvalue weighted by atomic mass is 10.1. The predicted molar refractivity (Wildman–Crippen MR) is 100 cm³/mol. The SMILES string of the molecule is COc1ccc(NC(=O)c2ccc(NC(=O)[C@@H]3CCCO3)cc2)cc1Cl. The predicted octanol–water partition coefficient (Wildman–Crippen LogP) is 3.72. The van der Waals surface area contributed by atoms with Gasteiger partial charge in [0.05, 0.1) is 12.1 Å². The highest BCUT2D eigenvalue weighted by molar-refractivity contribution is 6.32. The fourth-order valence-corrected chi connectivity index (χ4v) is 2.92. The van der Waals surface area contributed by atoms with Crippen LogP contribution < -0.4 is 15.4 Å². The van der Waals surface area contributed by atoms with Gasteiger partial charge in [-0.2, -0.15) is 0 Å². The Balaban J connectivity index is 1.61. The van der Waals surface area contributed by atoms with E-state index in [1.165, 1.54) is 7.11 Å². The number of ether oxygens (including phenoxy) is 2. The first-order chi connectivity index (χ1) is 12.6. The lowest BCUT2D eigenvalue weighted by Crippen LogP contribution is -2.26. The first-order valence-corrected chi connectivity index (χ1v) is 8.62. The standard InChI is InChI=1S/C19H19ClN2O4/c1-25-16-9-8-14(11-15(16)20)22-18(23)12-4-6-13(7-5-12)21-19(24)17-3-2-10-26-17/h4-9,11,17H,2-3,10H2,1H3,(H,21,24)(H,22,23)/t17-/m0/s1. The van der Waals surface area contributed by atoms with Gasteiger partial charge in [-0.25, -0.2) is 0 Å². The number of amides is 2. The maximum Gasteiger partial charge on any atom is 0.255 e. The normalized spacial score (nSPS) is 16.2. The van der Waals surface area contributed by atoms with Crippen LogP contribution >= 0.6 is 11.6 Å². The summed E-state index contributed by atoms with van der Waals surface area (Å²) in [6.07, 6.45) is 1.24. The zero-order chi connectivity index (χ0) is 18.5. The highest BCUT2D eigenvalue weighted by atomic mass is 35.5. The van der Waals surface area contributed by atoms with E-state index in [4.69, 9.17) is 21.1 Å². The third-order valence-corrected chi connectivity index (χ3v) is 4.34. The molecule has 1 fully saturated rings. The van der Waals surface area contributed by atoms with Crippen molar-refractivity contribution in [3.05, 3.63) is 53.1 Å². The summed E-state index contributed by atoms with van der Waals surface area (Å²) >= 11 is 6.06. The summed E-state index contributed by atoms with van der Waals surface area (Å²) in [4.78, 5) is 24.4. The van der Waals surface area contributed by atoms with Crippen LogP contribution in [0.4, 0.5) is 11.4 Å². The number of methoxy groups -OCH3 is 1. The molecule has 2 amide bonds. The Morgan fingerprint density at radius 1 is 1.12 bits per heavy atom. The number of rotatable bonds is 5. The minimum Gasteiger partial charge on any atom is -0.495 e. The molecule has 136 valence electrons. The second-order valence-corrected chi connectivity index (χ2v) is 6.28. The Kier molecular flexibility index (Phi) is 5.75. The molecule has 2 N–H and O–H groups in total. The number of carbonyl (C=O) groups excluding carboxylic acids is 2. The first-order valence-electron chi connectivity index (χ1n) is 8.24. The van der Waals surface area contributed by atoms with Gasteiger partial charge in [0.2, 0.25) is 0 Å². The van der Waals surface area contributed by atoms with Gasteiger partial charge in [-0.3, -0.25) is 9.59 Å². The van der Waals surface area contributed by atoms with Gasteiger partial charge in [0.15, 0.2) is 0 Å². The van der Waals surface area contributed by atoms with Gasteiger partial charge in [-0.15, -0.1) is 0 Å². The second kappa shape index (κ2) is 8.21. The zero-order valence-corrected chi connectivity index (χ0v) is 15.0. The minimum atomic E-state index is -0.391. The van der Waals surface area contributed by atoms with Crippen molar-refractivity contribution in [2.45, 2.75) is 18.9 Å².